The van der Waals surface area contributed by atoms with Crippen LogP contribution in [-0.2, 0) is 11.3 Å². The van der Waals surface area contributed by atoms with Gasteiger partial charge in [-0.25, -0.2) is 0 Å². The van der Waals surface area contributed by atoms with Gasteiger partial charge >= 0.3 is 5.97 Å². The molecule has 1 heterocycles. The lowest BCUT2D eigenvalue weighted by Crippen LogP contribution is -2.34. The molecule has 0 aliphatic heterocycles. The molecule has 1 fully saturated rings. The number of aliphatic carboxylic acids is 1. The van der Waals surface area contributed by atoms with E-state index in [9.17, 15) is 9.59 Å². The first-order valence-electron chi connectivity index (χ1n) is 6.59. The lowest BCUT2D eigenvalue weighted by Gasteiger charge is -2.12. The maximum atomic E-state index is 12.2. The van der Waals surface area contributed by atoms with E-state index in [1.54, 1.807) is 10.7 Å². The van der Waals surface area contributed by atoms with Gasteiger partial charge in [0.1, 0.15) is 5.69 Å². The van der Waals surface area contributed by atoms with Crippen LogP contribution < -0.4 is 5.32 Å². The lowest BCUT2D eigenvalue weighted by molar-refractivity contribution is -0.141. The van der Waals surface area contributed by atoms with Crippen molar-refractivity contribution in [3.05, 3.63) is 17.5 Å². The third-order valence-corrected chi connectivity index (χ3v) is 3.55. The minimum atomic E-state index is -0.772. The Bertz CT molecular complexity index is 495. The van der Waals surface area contributed by atoms with Gasteiger partial charge in [-0.3, -0.25) is 14.3 Å². The van der Waals surface area contributed by atoms with Crippen LogP contribution in [0.15, 0.2) is 6.07 Å². The second-order valence-electron chi connectivity index (χ2n) is 5.01. The van der Waals surface area contributed by atoms with Crippen LogP contribution in [0.5, 0.6) is 0 Å². The summed E-state index contributed by atoms with van der Waals surface area (Å²) in [6.45, 7) is 4.41. The van der Waals surface area contributed by atoms with Gasteiger partial charge in [0.2, 0.25) is 0 Å². The number of carboxylic acids is 1. The Labute approximate surface area is 111 Å². The van der Waals surface area contributed by atoms with Crippen molar-refractivity contribution in [3.8, 4) is 0 Å². The van der Waals surface area contributed by atoms with Crippen molar-refractivity contribution in [2.45, 2.75) is 45.7 Å². The highest BCUT2D eigenvalue weighted by atomic mass is 16.4. The maximum absolute atomic E-state index is 12.2. The van der Waals surface area contributed by atoms with Gasteiger partial charge in [0.25, 0.3) is 5.91 Å². The Balaban J connectivity index is 2.00. The van der Waals surface area contributed by atoms with Gasteiger partial charge in [0, 0.05) is 12.6 Å². The van der Waals surface area contributed by atoms with Crippen molar-refractivity contribution in [1.82, 2.24) is 15.1 Å². The van der Waals surface area contributed by atoms with Crippen LogP contribution in [0.4, 0.5) is 0 Å². The molecular formula is C13H19N3O3. The molecule has 2 unspecified atom stereocenters. The van der Waals surface area contributed by atoms with Gasteiger partial charge < -0.3 is 10.4 Å². The largest absolute Gasteiger partial charge is 0.481 e. The molecule has 0 saturated heterocycles. The fourth-order valence-electron chi connectivity index (χ4n) is 2.57. The van der Waals surface area contributed by atoms with E-state index < -0.39 is 5.97 Å². The molecule has 2 N–H and O–H groups in total. The molecule has 0 spiro atoms. The number of aryl methyl sites for hydroxylation is 2. The van der Waals surface area contributed by atoms with Crippen LogP contribution in [0.2, 0.25) is 0 Å². The average molecular weight is 265 g/mol. The molecule has 0 radical (unpaired) electrons. The summed E-state index contributed by atoms with van der Waals surface area (Å²) in [6.07, 6.45) is 1.87. The lowest BCUT2D eigenvalue weighted by atomic mass is 10.1. The smallest absolute Gasteiger partial charge is 0.306 e. The summed E-state index contributed by atoms with van der Waals surface area (Å²) >= 11 is 0. The van der Waals surface area contributed by atoms with Crippen molar-refractivity contribution >= 4 is 11.9 Å². The summed E-state index contributed by atoms with van der Waals surface area (Å²) in [5.41, 5.74) is 1.35. The minimum Gasteiger partial charge on any atom is -0.481 e. The van der Waals surface area contributed by atoms with E-state index in [0.717, 1.165) is 12.1 Å². The molecule has 2 rings (SSSR count). The quantitative estimate of drug-likeness (QED) is 0.856. The molecule has 0 bridgehead atoms. The van der Waals surface area contributed by atoms with Crippen LogP contribution in [0.3, 0.4) is 0 Å². The highest BCUT2D eigenvalue weighted by Gasteiger charge is 2.31. The summed E-state index contributed by atoms with van der Waals surface area (Å²) in [5, 5.41) is 16.1. The zero-order chi connectivity index (χ0) is 14.0. The Morgan fingerprint density at radius 3 is 2.84 bits per heavy atom. The first kappa shape index (κ1) is 13.6. The molecule has 19 heavy (non-hydrogen) atoms. The van der Waals surface area contributed by atoms with Crippen molar-refractivity contribution in [2.75, 3.05) is 0 Å². The average Bonchev–Trinajstić information content (AvgIpc) is 2.95. The number of rotatable bonds is 4. The summed E-state index contributed by atoms with van der Waals surface area (Å²) < 4.78 is 1.66. The fourth-order valence-corrected chi connectivity index (χ4v) is 2.57. The number of hydrogen-bond acceptors (Lipinski definition) is 3. The Morgan fingerprint density at radius 1 is 1.53 bits per heavy atom. The first-order valence-corrected chi connectivity index (χ1v) is 6.59. The van der Waals surface area contributed by atoms with Gasteiger partial charge in [-0.05, 0) is 39.2 Å². The van der Waals surface area contributed by atoms with Gasteiger partial charge in [0.05, 0.1) is 11.6 Å². The topological polar surface area (TPSA) is 84.2 Å². The monoisotopic (exact) mass is 265 g/mol. The number of carboxylic acid groups (broad SMARTS) is 1. The van der Waals surface area contributed by atoms with E-state index in [2.05, 4.69) is 10.4 Å². The molecule has 1 aliphatic carbocycles. The number of aromatic nitrogens is 2. The molecule has 1 amide bonds. The van der Waals surface area contributed by atoms with E-state index in [4.69, 9.17) is 5.11 Å². The number of nitrogens with zero attached hydrogens (tertiary/aromatic N) is 2. The number of hydrogen-bond donors (Lipinski definition) is 2. The van der Waals surface area contributed by atoms with Gasteiger partial charge in [-0.2, -0.15) is 5.10 Å². The fraction of sp³-hybridized carbons (Fsp3) is 0.615. The van der Waals surface area contributed by atoms with Crippen LogP contribution in [-0.4, -0.2) is 32.8 Å². The first-order chi connectivity index (χ1) is 9.01. The number of amides is 1. The normalized spacial score (nSPS) is 22.4. The predicted octanol–water partition coefficient (Wildman–Crippen LogP) is 1.19. The Kier molecular flexibility index (Phi) is 3.87. The van der Waals surface area contributed by atoms with E-state index in [-0.39, 0.29) is 17.9 Å². The van der Waals surface area contributed by atoms with Gasteiger partial charge in [-0.1, -0.05) is 0 Å². The second kappa shape index (κ2) is 5.42. The summed E-state index contributed by atoms with van der Waals surface area (Å²) in [7, 11) is 0. The molecular weight excluding hydrogens is 246 g/mol. The van der Waals surface area contributed by atoms with Gasteiger partial charge in [0.15, 0.2) is 0 Å². The van der Waals surface area contributed by atoms with Crippen LogP contribution in [0.1, 0.15) is 42.4 Å². The SMILES string of the molecule is CCn1nc(C)cc1C(=O)NC1CCC(C(=O)O)C1. The van der Waals surface area contributed by atoms with Crippen LogP contribution in [0, 0.1) is 12.8 Å². The predicted molar refractivity (Wildman–Crippen MR) is 68.9 cm³/mol. The minimum absolute atomic E-state index is 0.0471. The maximum Gasteiger partial charge on any atom is 0.306 e. The van der Waals surface area contributed by atoms with Crippen molar-refractivity contribution < 1.29 is 14.7 Å². The van der Waals surface area contributed by atoms with Crippen LogP contribution >= 0.6 is 0 Å². The second-order valence-corrected chi connectivity index (χ2v) is 5.01. The summed E-state index contributed by atoms with van der Waals surface area (Å²) in [5.74, 6) is -1.27. The van der Waals surface area contributed by atoms with Crippen LogP contribution in [0.25, 0.3) is 0 Å². The zero-order valence-corrected chi connectivity index (χ0v) is 11.2. The number of nitrogens with one attached hydrogen (secondary N) is 1. The Morgan fingerprint density at radius 2 is 2.26 bits per heavy atom. The molecule has 1 aromatic heterocycles. The molecule has 0 aromatic carbocycles. The van der Waals surface area contributed by atoms with Crippen molar-refractivity contribution in [2.24, 2.45) is 5.92 Å². The highest BCUT2D eigenvalue weighted by molar-refractivity contribution is 5.93. The van der Waals surface area contributed by atoms with E-state index >= 15 is 0 Å². The molecule has 1 saturated carbocycles. The van der Waals surface area contributed by atoms with E-state index in [0.29, 0.717) is 25.1 Å². The molecule has 104 valence electrons. The molecule has 1 aromatic rings. The molecule has 6 heteroatoms. The summed E-state index contributed by atoms with van der Waals surface area (Å²) in [4.78, 5) is 23.0. The zero-order valence-electron chi connectivity index (χ0n) is 11.2. The van der Waals surface area contributed by atoms with Crippen molar-refractivity contribution in [3.63, 3.8) is 0 Å². The third kappa shape index (κ3) is 2.94. The molecule has 6 nitrogen and oxygen atoms in total. The number of carbonyl (C=O) groups is 2. The molecule has 2 atom stereocenters. The number of carbonyl (C=O) groups excluding carboxylic acids is 1. The highest BCUT2D eigenvalue weighted by Crippen LogP contribution is 2.25. The van der Waals surface area contributed by atoms with E-state index in [1.165, 1.54) is 0 Å². The van der Waals surface area contributed by atoms with E-state index in [1.807, 2.05) is 13.8 Å². The molecule has 1 aliphatic rings. The standard InChI is InChI=1S/C13H19N3O3/c1-3-16-11(6-8(2)15-16)12(17)14-10-5-4-9(7-10)13(18)19/h6,9-10H,3-5,7H2,1-2H3,(H,14,17)(H,18,19). The third-order valence-electron chi connectivity index (χ3n) is 3.55. The van der Waals surface area contributed by atoms with Gasteiger partial charge in [-0.15, -0.1) is 0 Å². The Hall–Kier alpha value is -1.85. The van der Waals surface area contributed by atoms with Crippen molar-refractivity contribution in [1.29, 1.82) is 0 Å². The summed E-state index contributed by atoms with van der Waals surface area (Å²) in [6, 6.07) is 1.71.